The van der Waals surface area contributed by atoms with Crippen LogP contribution in [0, 0.1) is 28.5 Å². The summed E-state index contributed by atoms with van der Waals surface area (Å²) in [7, 11) is 0. The summed E-state index contributed by atoms with van der Waals surface area (Å²) < 4.78 is 13.5. The molecule has 1 aromatic carbocycles. The van der Waals surface area contributed by atoms with Crippen molar-refractivity contribution in [2.45, 2.75) is 0 Å². The van der Waals surface area contributed by atoms with Crippen molar-refractivity contribution < 1.29 is 4.39 Å². The van der Waals surface area contributed by atoms with E-state index in [4.69, 9.17) is 16.4 Å². The van der Waals surface area contributed by atoms with Crippen molar-refractivity contribution in [3.8, 4) is 12.1 Å². The van der Waals surface area contributed by atoms with Gasteiger partial charge < -0.3 is 5.32 Å². The molecule has 7 nitrogen and oxygen atoms in total. The number of nitrogens with two attached hydrogens (primary N) is 1. The maximum Gasteiger partial charge on any atom is 0.239 e. The predicted octanol–water partition coefficient (Wildman–Crippen LogP) is 1.39. The van der Waals surface area contributed by atoms with Gasteiger partial charge in [-0.3, -0.25) is 5.43 Å². The number of anilines is 3. The van der Waals surface area contributed by atoms with Crippen LogP contribution in [0.2, 0.25) is 0 Å². The molecule has 0 aliphatic heterocycles. The van der Waals surface area contributed by atoms with E-state index in [-0.39, 0.29) is 22.9 Å². The molecule has 0 saturated carbocycles. The minimum absolute atomic E-state index is 0.0445. The fraction of sp³-hybridized carbons (Fsp3) is 0. The summed E-state index contributed by atoms with van der Waals surface area (Å²) in [6.45, 7) is 0. The Bertz CT molecular complexity index is 730. The second kappa shape index (κ2) is 5.61. The van der Waals surface area contributed by atoms with Gasteiger partial charge in [-0.2, -0.15) is 15.5 Å². The maximum atomic E-state index is 13.5. The molecule has 4 N–H and O–H groups in total. The van der Waals surface area contributed by atoms with Crippen molar-refractivity contribution in [1.82, 2.24) is 9.97 Å². The van der Waals surface area contributed by atoms with Crippen LogP contribution in [-0.2, 0) is 0 Å². The van der Waals surface area contributed by atoms with E-state index in [0.29, 0.717) is 5.69 Å². The molecule has 2 rings (SSSR count). The van der Waals surface area contributed by atoms with Gasteiger partial charge in [0, 0.05) is 5.69 Å². The topological polar surface area (TPSA) is 123 Å². The van der Waals surface area contributed by atoms with Crippen molar-refractivity contribution in [2.75, 3.05) is 10.7 Å². The summed E-state index contributed by atoms with van der Waals surface area (Å²) in [5.74, 6) is 4.42. The molecule has 0 amide bonds. The SMILES string of the molecule is N#Cc1ccc(Nc2nc(NN)ncc2F)cc1C#N. The Kier molecular flexibility index (Phi) is 3.70. The van der Waals surface area contributed by atoms with Crippen molar-refractivity contribution in [3.05, 3.63) is 41.3 Å². The molecule has 98 valence electrons. The fourth-order valence-electron chi connectivity index (χ4n) is 1.47. The van der Waals surface area contributed by atoms with Gasteiger partial charge in [0.1, 0.15) is 12.1 Å². The second-order valence-electron chi connectivity index (χ2n) is 3.64. The standard InChI is InChI=1S/C12H8FN7/c13-10-6-17-12(20-16)19-11(10)18-9-2-1-7(4-14)8(3-9)5-15/h1-3,6H,16H2,(H2,17,18,19,20). The fourth-order valence-corrected chi connectivity index (χ4v) is 1.47. The Hall–Kier alpha value is -3.23. The van der Waals surface area contributed by atoms with Crippen LogP contribution < -0.4 is 16.6 Å². The van der Waals surface area contributed by atoms with E-state index in [9.17, 15) is 4.39 Å². The molecule has 20 heavy (non-hydrogen) atoms. The van der Waals surface area contributed by atoms with Gasteiger partial charge in [0.15, 0.2) is 11.6 Å². The minimum atomic E-state index is -0.674. The number of nitriles is 2. The number of nitrogens with zero attached hydrogens (tertiary/aromatic N) is 4. The Morgan fingerprint density at radius 3 is 2.60 bits per heavy atom. The maximum absolute atomic E-state index is 13.5. The number of aromatic nitrogens is 2. The number of halogens is 1. The summed E-state index contributed by atoms with van der Waals surface area (Å²) in [4.78, 5) is 7.41. The highest BCUT2D eigenvalue weighted by Crippen LogP contribution is 2.20. The first-order valence-electron chi connectivity index (χ1n) is 5.38. The quantitative estimate of drug-likeness (QED) is 0.568. The van der Waals surface area contributed by atoms with Crippen LogP contribution in [0.5, 0.6) is 0 Å². The summed E-state index contributed by atoms with van der Waals surface area (Å²) in [5, 5.41) is 20.4. The molecule has 1 aromatic heterocycles. The number of nitrogen functional groups attached to an aromatic ring is 1. The second-order valence-corrected chi connectivity index (χ2v) is 3.64. The highest BCUT2D eigenvalue weighted by molar-refractivity contribution is 5.62. The van der Waals surface area contributed by atoms with E-state index in [1.807, 2.05) is 12.1 Å². The largest absolute Gasteiger partial charge is 0.338 e. The van der Waals surface area contributed by atoms with Gasteiger partial charge >= 0.3 is 0 Å². The molecule has 0 aliphatic rings. The number of benzene rings is 1. The van der Waals surface area contributed by atoms with Gasteiger partial charge in [-0.1, -0.05) is 0 Å². The first-order valence-corrected chi connectivity index (χ1v) is 5.38. The van der Waals surface area contributed by atoms with Gasteiger partial charge in [0.25, 0.3) is 0 Å². The molecular formula is C12H8FN7. The molecule has 0 saturated heterocycles. The van der Waals surface area contributed by atoms with Gasteiger partial charge in [-0.15, -0.1) is 0 Å². The van der Waals surface area contributed by atoms with Gasteiger partial charge in [0.2, 0.25) is 5.95 Å². The number of hydrogen-bond acceptors (Lipinski definition) is 7. The van der Waals surface area contributed by atoms with Crippen molar-refractivity contribution in [3.63, 3.8) is 0 Å². The molecule has 1 heterocycles. The third-order valence-corrected chi connectivity index (χ3v) is 2.40. The summed E-state index contributed by atoms with van der Waals surface area (Å²) in [6.07, 6.45) is 0.958. The summed E-state index contributed by atoms with van der Waals surface area (Å²) in [6, 6.07) is 8.20. The molecule has 0 fully saturated rings. The zero-order chi connectivity index (χ0) is 14.5. The van der Waals surface area contributed by atoms with Crippen LogP contribution >= 0.6 is 0 Å². The van der Waals surface area contributed by atoms with Crippen LogP contribution in [-0.4, -0.2) is 9.97 Å². The van der Waals surface area contributed by atoms with E-state index in [0.717, 1.165) is 6.20 Å². The van der Waals surface area contributed by atoms with E-state index in [1.54, 1.807) is 0 Å². The lowest BCUT2D eigenvalue weighted by atomic mass is 10.1. The van der Waals surface area contributed by atoms with Crippen molar-refractivity contribution >= 4 is 17.5 Å². The average molecular weight is 269 g/mol. The Morgan fingerprint density at radius 1 is 1.20 bits per heavy atom. The zero-order valence-corrected chi connectivity index (χ0v) is 10.1. The average Bonchev–Trinajstić information content (AvgIpc) is 2.49. The normalized spacial score (nSPS) is 9.40. The van der Waals surface area contributed by atoms with Gasteiger partial charge in [0.05, 0.1) is 17.3 Å². The lowest BCUT2D eigenvalue weighted by Crippen LogP contribution is -2.12. The van der Waals surface area contributed by atoms with Crippen LogP contribution in [0.15, 0.2) is 24.4 Å². The molecule has 0 bridgehead atoms. The Balaban J connectivity index is 2.36. The lowest BCUT2D eigenvalue weighted by molar-refractivity contribution is 0.619. The molecule has 8 heteroatoms. The monoisotopic (exact) mass is 269 g/mol. The summed E-state index contributed by atoms with van der Waals surface area (Å²) >= 11 is 0. The van der Waals surface area contributed by atoms with Gasteiger partial charge in [-0.25, -0.2) is 15.2 Å². The van der Waals surface area contributed by atoms with Crippen molar-refractivity contribution in [2.24, 2.45) is 5.84 Å². The van der Waals surface area contributed by atoms with Crippen LogP contribution in [0.1, 0.15) is 11.1 Å². The predicted molar refractivity (Wildman–Crippen MR) is 69.0 cm³/mol. The number of hydrogen-bond donors (Lipinski definition) is 3. The molecule has 2 aromatic rings. The smallest absolute Gasteiger partial charge is 0.239 e. The molecular weight excluding hydrogens is 261 g/mol. The van der Waals surface area contributed by atoms with Crippen molar-refractivity contribution in [1.29, 1.82) is 10.5 Å². The molecule has 0 atom stereocenters. The van der Waals surface area contributed by atoms with E-state index in [2.05, 4.69) is 20.7 Å². The first kappa shape index (κ1) is 13.2. The molecule has 0 radical (unpaired) electrons. The lowest BCUT2D eigenvalue weighted by Gasteiger charge is -2.08. The third-order valence-electron chi connectivity index (χ3n) is 2.40. The van der Waals surface area contributed by atoms with Crippen LogP contribution in [0.25, 0.3) is 0 Å². The highest BCUT2D eigenvalue weighted by atomic mass is 19.1. The minimum Gasteiger partial charge on any atom is -0.338 e. The molecule has 0 spiro atoms. The highest BCUT2D eigenvalue weighted by Gasteiger charge is 2.08. The number of rotatable bonds is 3. The molecule has 0 aliphatic carbocycles. The number of nitrogens with one attached hydrogen (secondary N) is 2. The first-order chi connectivity index (χ1) is 9.67. The van der Waals surface area contributed by atoms with E-state index >= 15 is 0 Å². The van der Waals surface area contributed by atoms with E-state index in [1.165, 1.54) is 18.2 Å². The Labute approximate surface area is 113 Å². The van der Waals surface area contributed by atoms with Crippen LogP contribution in [0.4, 0.5) is 21.8 Å². The van der Waals surface area contributed by atoms with Gasteiger partial charge in [-0.05, 0) is 18.2 Å². The van der Waals surface area contributed by atoms with Crippen LogP contribution in [0.3, 0.4) is 0 Å². The zero-order valence-electron chi connectivity index (χ0n) is 10.1. The summed E-state index contributed by atoms with van der Waals surface area (Å²) in [5.41, 5.74) is 3.04. The third kappa shape index (κ3) is 2.61. The van der Waals surface area contributed by atoms with E-state index < -0.39 is 5.82 Å². The molecule has 0 unspecified atom stereocenters. The number of hydrazine groups is 1. The Morgan fingerprint density at radius 2 is 1.95 bits per heavy atom.